The summed E-state index contributed by atoms with van der Waals surface area (Å²) in [7, 11) is -3.69. The monoisotopic (exact) mass is 419 g/mol. The number of sulfonamides is 1. The summed E-state index contributed by atoms with van der Waals surface area (Å²) in [6.45, 7) is 3.82. The number of nitrogens with zero attached hydrogens (tertiary/aromatic N) is 2. The number of nitrogens with one attached hydrogen (secondary N) is 2. The Balaban J connectivity index is 1.42. The van der Waals surface area contributed by atoms with E-state index in [2.05, 4.69) is 20.5 Å². The topological polar surface area (TPSA) is 127 Å². The molecule has 1 aliphatic rings. The van der Waals surface area contributed by atoms with Crippen molar-refractivity contribution < 1.29 is 17.9 Å². The van der Waals surface area contributed by atoms with Gasteiger partial charge in [0.2, 0.25) is 10.0 Å². The highest BCUT2D eigenvalue weighted by Gasteiger charge is 2.12. The van der Waals surface area contributed by atoms with Gasteiger partial charge in [0.15, 0.2) is 0 Å². The Bertz CT molecular complexity index is 928. The van der Waals surface area contributed by atoms with Crippen molar-refractivity contribution in [3.8, 4) is 0 Å². The molecule has 9 nitrogen and oxygen atoms in total. The van der Waals surface area contributed by atoms with E-state index in [9.17, 15) is 13.2 Å². The first-order valence-corrected chi connectivity index (χ1v) is 10.9. The van der Waals surface area contributed by atoms with Crippen LogP contribution in [0, 0.1) is 0 Å². The molecule has 3 rings (SSSR count). The maximum absolute atomic E-state index is 12.0. The standard InChI is InChI=1S/C19H25N5O4S/c20-29(26,27)17-3-1-15(2-4-17)5-8-22-19(25)23-14-16-6-7-21-18(13-16)24-9-11-28-12-10-24/h1-4,6-7,13H,5,8-12,14H2,(H2,20,26,27)(H2,22,23,25). The van der Waals surface area contributed by atoms with Crippen molar-refractivity contribution in [2.75, 3.05) is 37.7 Å². The predicted octanol–water partition coefficient (Wildman–Crippen LogP) is 0.608. The van der Waals surface area contributed by atoms with E-state index in [1.807, 2.05) is 12.1 Å². The van der Waals surface area contributed by atoms with Crippen molar-refractivity contribution in [3.63, 3.8) is 0 Å². The zero-order chi connectivity index (χ0) is 20.7. The van der Waals surface area contributed by atoms with Gasteiger partial charge in [0.05, 0.1) is 18.1 Å². The molecule has 0 radical (unpaired) electrons. The highest BCUT2D eigenvalue weighted by atomic mass is 32.2. The number of amides is 2. The van der Waals surface area contributed by atoms with Crippen molar-refractivity contribution >= 4 is 21.9 Å². The lowest BCUT2D eigenvalue weighted by Crippen LogP contribution is -2.37. The number of carbonyl (C=O) groups excluding carboxylic acids is 1. The Kier molecular flexibility index (Phi) is 7.02. The van der Waals surface area contributed by atoms with E-state index in [0.29, 0.717) is 32.7 Å². The molecule has 1 saturated heterocycles. The number of rotatable bonds is 7. The third-order valence-electron chi connectivity index (χ3n) is 4.55. The number of aromatic nitrogens is 1. The minimum atomic E-state index is -3.69. The third-order valence-corrected chi connectivity index (χ3v) is 5.48. The van der Waals surface area contributed by atoms with Crippen molar-refractivity contribution in [1.29, 1.82) is 0 Å². The molecule has 1 aromatic carbocycles. The van der Waals surface area contributed by atoms with E-state index < -0.39 is 10.0 Å². The van der Waals surface area contributed by atoms with Crippen LogP contribution in [0.1, 0.15) is 11.1 Å². The van der Waals surface area contributed by atoms with Gasteiger partial charge in [-0.25, -0.2) is 23.3 Å². The van der Waals surface area contributed by atoms with Crippen molar-refractivity contribution in [2.45, 2.75) is 17.9 Å². The number of anilines is 1. The van der Waals surface area contributed by atoms with Gasteiger partial charge in [-0.2, -0.15) is 0 Å². The summed E-state index contributed by atoms with van der Waals surface area (Å²) in [6, 6.07) is 9.86. The van der Waals surface area contributed by atoms with Crippen LogP contribution < -0.4 is 20.7 Å². The highest BCUT2D eigenvalue weighted by Crippen LogP contribution is 2.14. The van der Waals surface area contributed by atoms with Gasteiger partial charge >= 0.3 is 6.03 Å². The van der Waals surface area contributed by atoms with Gasteiger partial charge in [0, 0.05) is 32.4 Å². The summed E-state index contributed by atoms with van der Waals surface area (Å²) in [6.07, 6.45) is 2.32. The first-order chi connectivity index (χ1) is 13.9. The van der Waals surface area contributed by atoms with Crippen LogP contribution >= 0.6 is 0 Å². The summed E-state index contributed by atoms with van der Waals surface area (Å²) in [5, 5.41) is 10.7. The number of carbonyl (C=O) groups is 1. The van der Waals surface area contributed by atoms with E-state index in [0.717, 1.165) is 30.0 Å². The molecule has 1 aromatic heterocycles. The van der Waals surface area contributed by atoms with Crippen molar-refractivity contribution in [2.24, 2.45) is 5.14 Å². The maximum atomic E-state index is 12.0. The van der Waals surface area contributed by atoms with Crippen LogP contribution in [0.4, 0.5) is 10.6 Å². The third kappa shape index (κ3) is 6.41. The molecule has 10 heteroatoms. The van der Waals surface area contributed by atoms with E-state index >= 15 is 0 Å². The molecule has 156 valence electrons. The summed E-state index contributed by atoms with van der Waals surface area (Å²) >= 11 is 0. The molecule has 2 aromatic rings. The van der Waals surface area contributed by atoms with E-state index in [1.165, 1.54) is 12.1 Å². The Morgan fingerprint density at radius 2 is 1.83 bits per heavy atom. The lowest BCUT2D eigenvalue weighted by molar-refractivity contribution is 0.122. The highest BCUT2D eigenvalue weighted by molar-refractivity contribution is 7.89. The van der Waals surface area contributed by atoms with Gasteiger partial charge in [-0.1, -0.05) is 12.1 Å². The average molecular weight is 420 g/mol. The minimum Gasteiger partial charge on any atom is -0.378 e. The summed E-state index contributed by atoms with van der Waals surface area (Å²) in [5.74, 6) is 0.885. The SMILES string of the molecule is NS(=O)(=O)c1ccc(CCNC(=O)NCc2ccnc(N3CCOCC3)c2)cc1. The van der Waals surface area contributed by atoms with Gasteiger partial charge in [0.1, 0.15) is 5.82 Å². The van der Waals surface area contributed by atoms with Crippen molar-refractivity contribution in [1.82, 2.24) is 15.6 Å². The fourth-order valence-corrected chi connectivity index (χ4v) is 3.46. The molecular weight excluding hydrogens is 394 g/mol. The zero-order valence-electron chi connectivity index (χ0n) is 16.0. The predicted molar refractivity (Wildman–Crippen MR) is 109 cm³/mol. The fraction of sp³-hybridized carbons (Fsp3) is 0.368. The van der Waals surface area contributed by atoms with Crippen LogP contribution in [-0.2, 0) is 27.7 Å². The Hall–Kier alpha value is -2.69. The van der Waals surface area contributed by atoms with Gasteiger partial charge in [0.25, 0.3) is 0 Å². The molecule has 0 aliphatic carbocycles. The molecule has 29 heavy (non-hydrogen) atoms. The van der Waals surface area contributed by atoms with Gasteiger partial charge < -0.3 is 20.3 Å². The fourth-order valence-electron chi connectivity index (χ4n) is 2.95. The van der Waals surface area contributed by atoms with E-state index in [1.54, 1.807) is 18.3 Å². The van der Waals surface area contributed by atoms with Gasteiger partial charge in [-0.3, -0.25) is 0 Å². The molecule has 0 spiro atoms. The smallest absolute Gasteiger partial charge is 0.315 e. The second-order valence-corrected chi connectivity index (χ2v) is 8.23. The Morgan fingerprint density at radius 1 is 1.10 bits per heavy atom. The average Bonchev–Trinajstić information content (AvgIpc) is 2.73. The number of primary sulfonamides is 1. The number of ether oxygens (including phenoxy) is 1. The molecule has 0 bridgehead atoms. The first kappa shape index (κ1) is 21.0. The molecule has 2 heterocycles. The molecule has 0 atom stereocenters. The second-order valence-electron chi connectivity index (χ2n) is 6.67. The van der Waals surface area contributed by atoms with Crippen LogP contribution in [0.2, 0.25) is 0 Å². The lowest BCUT2D eigenvalue weighted by Gasteiger charge is -2.28. The molecule has 1 fully saturated rings. The van der Waals surface area contributed by atoms with E-state index in [4.69, 9.17) is 9.88 Å². The number of morpholine rings is 1. The van der Waals surface area contributed by atoms with Gasteiger partial charge in [-0.15, -0.1) is 0 Å². The van der Waals surface area contributed by atoms with Crippen molar-refractivity contribution in [3.05, 3.63) is 53.7 Å². The number of pyridine rings is 1. The van der Waals surface area contributed by atoms with E-state index in [-0.39, 0.29) is 10.9 Å². The maximum Gasteiger partial charge on any atom is 0.315 e. The van der Waals surface area contributed by atoms with Gasteiger partial charge in [-0.05, 0) is 41.8 Å². The zero-order valence-corrected chi connectivity index (χ0v) is 16.8. The largest absolute Gasteiger partial charge is 0.378 e. The van der Waals surface area contributed by atoms with Crippen LogP contribution in [0.15, 0.2) is 47.5 Å². The minimum absolute atomic E-state index is 0.0701. The molecule has 0 saturated carbocycles. The lowest BCUT2D eigenvalue weighted by atomic mass is 10.1. The number of benzene rings is 1. The summed E-state index contributed by atoms with van der Waals surface area (Å²) < 4.78 is 27.8. The number of hydrogen-bond donors (Lipinski definition) is 3. The Labute approximate surface area is 170 Å². The van der Waals surface area contributed by atoms with Crippen LogP contribution in [-0.4, -0.2) is 52.3 Å². The van der Waals surface area contributed by atoms with Crippen LogP contribution in [0.25, 0.3) is 0 Å². The number of hydrogen-bond acceptors (Lipinski definition) is 6. The normalized spacial score (nSPS) is 14.4. The quantitative estimate of drug-likeness (QED) is 0.603. The summed E-state index contributed by atoms with van der Waals surface area (Å²) in [5.41, 5.74) is 1.87. The van der Waals surface area contributed by atoms with Crippen LogP contribution in [0.5, 0.6) is 0 Å². The molecule has 2 amide bonds. The summed E-state index contributed by atoms with van der Waals surface area (Å²) in [4.78, 5) is 18.6. The molecule has 1 aliphatic heterocycles. The number of nitrogens with two attached hydrogens (primary N) is 1. The molecule has 0 unspecified atom stereocenters. The first-order valence-electron chi connectivity index (χ1n) is 9.33. The second kappa shape index (κ2) is 9.68. The Morgan fingerprint density at radius 3 is 2.52 bits per heavy atom. The number of urea groups is 1. The molecule has 4 N–H and O–H groups in total. The van der Waals surface area contributed by atoms with Crippen LogP contribution in [0.3, 0.4) is 0 Å². The molecular formula is C19H25N5O4S.